The van der Waals surface area contributed by atoms with Crippen LogP contribution in [0.5, 0.6) is 5.75 Å². The quantitative estimate of drug-likeness (QED) is 0.636. The van der Waals surface area contributed by atoms with Gasteiger partial charge in [0.25, 0.3) is 0 Å². The van der Waals surface area contributed by atoms with E-state index in [0.29, 0.717) is 24.5 Å². The normalized spacial score (nSPS) is 18.8. The number of likely N-dealkylation sites (tertiary alicyclic amines) is 1. The molecule has 2 fully saturated rings. The predicted octanol–water partition coefficient (Wildman–Crippen LogP) is 3.49. The molecule has 2 aliphatic heterocycles. The van der Waals surface area contributed by atoms with Crippen molar-refractivity contribution < 1.29 is 17.9 Å². The highest BCUT2D eigenvalue weighted by molar-refractivity contribution is 7.89. The zero-order chi connectivity index (χ0) is 23.4. The number of nitrogens with one attached hydrogen (secondary N) is 1. The number of carbonyl (C=O) groups is 1. The van der Waals surface area contributed by atoms with Crippen LogP contribution in [-0.2, 0) is 21.4 Å². The smallest absolute Gasteiger partial charge is 0.246 e. The minimum atomic E-state index is -3.68. The van der Waals surface area contributed by atoms with E-state index >= 15 is 0 Å². The second kappa shape index (κ2) is 10.5. The van der Waals surface area contributed by atoms with Gasteiger partial charge in [0.15, 0.2) is 0 Å². The lowest BCUT2D eigenvalue weighted by Crippen LogP contribution is -2.38. The fourth-order valence-corrected chi connectivity index (χ4v) is 6.81. The number of benzene rings is 1. The number of carbonyl (C=O) groups excluding carboxylic acids is 1. The van der Waals surface area contributed by atoms with Crippen LogP contribution < -0.4 is 10.1 Å². The topological polar surface area (TPSA) is 91.8 Å². The largest absolute Gasteiger partial charge is 0.495 e. The molecule has 4 rings (SSSR count). The Kier molecular flexibility index (Phi) is 7.68. The third-order valence-corrected chi connectivity index (χ3v) is 9.12. The van der Waals surface area contributed by atoms with Crippen LogP contribution in [0.3, 0.4) is 0 Å². The molecule has 180 valence electrons. The number of aromatic nitrogens is 1. The van der Waals surface area contributed by atoms with Gasteiger partial charge in [0.1, 0.15) is 10.6 Å². The molecule has 3 heterocycles. The number of thiazole rings is 1. The Hall–Kier alpha value is -2.01. The van der Waals surface area contributed by atoms with Gasteiger partial charge in [-0.25, -0.2) is 13.4 Å². The molecular formula is C23H32N4O4S2. The number of hydrogen-bond donors (Lipinski definition) is 1. The first-order chi connectivity index (χ1) is 15.9. The van der Waals surface area contributed by atoms with Crippen LogP contribution in [0.15, 0.2) is 28.5 Å². The number of rotatable bonds is 7. The van der Waals surface area contributed by atoms with Crippen LogP contribution in [0.25, 0.3) is 0 Å². The highest BCUT2D eigenvalue weighted by Crippen LogP contribution is 2.31. The van der Waals surface area contributed by atoms with E-state index in [0.717, 1.165) is 62.4 Å². The van der Waals surface area contributed by atoms with Crippen molar-refractivity contribution >= 4 is 33.0 Å². The predicted molar refractivity (Wildman–Crippen MR) is 129 cm³/mol. The number of anilines is 1. The summed E-state index contributed by atoms with van der Waals surface area (Å²) in [7, 11) is -2.22. The Labute approximate surface area is 200 Å². The monoisotopic (exact) mass is 492 g/mol. The van der Waals surface area contributed by atoms with Gasteiger partial charge in [0.05, 0.1) is 17.8 Å². The highest BCUT2D eigenvalue weighted by Gasteiger charge is 2.30. The summed E-state index contributed by atoms with van der Waals surface area (Å²) in [6.45, 7) is 5.53. The Morgan fingerprint density at radius 3 is 2.55 bits per heavy atom. The molecule has 0 aliphatic carbocycles. The number of amides is 1. The highest BCUT2D eigenvalue weighted by atomic mass is 32.2. The van der Waals surface area contributed by atoms with Crippen molar-refractivity contribution in [1.29, 1.82) is 0 Å². The number of piperidine rings is 2. The Balaban J connectivity index is 1.39. The average Bonchev–Trinajstić information content (AvgIpc) is 3.24. The first-order valence-electron chi connectivity index (χ1n) is 11.5. The first kappa shape index (κ1) is 24.1. The van der Waals surface area contributed by atoms with E-state index in [1.165, 1.54) is 17.5 Å². The van der Waals surface area contributed by atoms with Gasteiger partial charge in [-0.3, -0.25) is 9.69 Å². The van der Waals surface area contributed by atoms with Crippen molar-refractivity contribution in [3.8, 4) is 5.75 Å². The summed E-state index contributed by atoms with van der Waals surface area (Å²) in [5.41, 5.74) is 1.57. The number of sulfonamides is 1. The Morgan fingerprint density at radius 1 is 1.18 bits per heavy atom. The molecule has 0 saturated carbocycles. The zero-order valence-corrected chi connectivity index (χ0v) is 20.9. The van der Waals surface area contributed by atoms with Crippen LogP contribution in [0.1, 0.15) is 42.8 Å². The fraction of sp³-hybridized carbons (Fsp3) is 0.565. The summed E-state index contributed by atoms with van der Waals surface area (Å²) < 4.78 is 33.3. The minimum Gasteiger partial charge on any atom is -0.495 e. The molecule has 1 aromatic carbocycles. The lowest BCUT2D eigenvalue weighted by atomic mass is 9.95. The second-order valence-electron chi connectivity index (χ2n) is 8.73. The van der Waals surface area contributed by atoms with Gasteiger partial charge in [-0.05, 0) is 63.9 Å². The van der Waals surface area contributed by atoms with Crippen molar-refractivity contribution in [2.24, 2.45) is 5.92 Å². The Bertz CT molecular complexity index is 1070. The van der Waals surface area contributed by atoms with Gasteiger partial charge in [-0.15, -0.1) is 11.3 Å². The van der Waals surface area contributed by atoms with Gasteiger partial charge in [0.2, 0.25) is 15.9 Å². The van der Waals surface area contributed by atoms with Crippen LogP contribution in [0.2, 0.25) is 0 Å². The van der Waals surface area contributed by atoms with Gasteiger partial charge in [0, 0.05) is 36.6 Å². The summed E-state index contributed by atoms with van der Waals surface area (Å²) in [6, 6.07) is 4.84. The summed E-state index contributed by atoms with van der Waals surface area (Å²) in [5.74, 6) is 0.137. The maximum Gasteiger partial charge on any atom is 0.246 e. The Morgan fingerprint density at radius 2 is 1.91 bits per heavy atom. The van der Waals surface area contributed by atoms with E-state index in [1.54, 1.807) is 23.5 Å². The maximum absolute atomic E-state index is 13.2. The summed E-state index contributed by atoms with van der Waals surface area (Å²) in [4.78, 5) is 19.9. The molecule has 33 heavy (non-hydrogen) atoms. The molecule has 0 atom stereocenters. The van der Waals surface area contributed by atoms with E-state index in [2.05, 4.69) is 20.6 Å². The van der Waals surface area contributed by atoms with Gasteiger partial charge in [-0.1, -0.05) is 6.42 Å². The van der Waals surface area contributed by atoms with Crippen LogP contribution in [-0.4, -0.2) is 61.8 Å². The van der Waals surface area contributed by atoms with Crippen LogP contribution >= 0.6 is 11.3 Å². The molecular weight excluding hydrogens is 460 g/mol. The van der Waals surface area contributed by atoms with Gasteiger partial charge < -0.3 is 10.1 Å². The van der Waals surface area contributed by atoms with Crippen molar-refractivity contribution in [2.75, 3.05) is 38.6 Å². The molecule has 10 heteroatoms. The average molecular weight is 493 g/mol. The lowest BCUT2D eigenvalue weighted by Gasteiger charge is -2.30. The molecule has 0 spiro atoms. The SMILES string of the molecule is COc1ccc(NC(=O)C2CCN(Cc3csc(C)n3)CC2)cc1S(=O)(=O)N1CCCCC1. The second-order valence-corrected chi connectivity index (χ2v) is 11.7. The molecule has 1 aromatic heterocycles. The molecule has 1 N–H and O–H groups in total. The molecule has 0 unspecified atom stereocenters. The van der Waals surface area contributed by atoms with E-state index in [9.17, 15) is 13.2 Å². The molecule has 1 amide bonds. The molecule has 2 saturated heterocycles. The van der Waals surface area contributed by atoms with Crippen LogP contribution in [0, 0.1) is 12.8 Å². The van der Waals surface area contributed by atoms with Crippen molar-refractivity contribution in [1.82, 2.24) is 14.2 Å². The molecule has 0 radical (unpaired) electrons. The molecule has 2 aromatic rings. The van der Waals surface area contributed by atoms with Crippen LogP contribution in [0.4, 0.5) is 5.69 Å². The van der Waals surface area contributed by atoms with Gasteiger partial charge >= 0.3 is 0 Å². The van der Waals surface area contributed by atoms with E-state index < -0.39 is 10.0 Å². The lowest BCUT2D eigenvalue weighted by molar-refractivity contribution is -0.121. The molecule has 2 aliphatic rings. The number of nitrogens with zero attached hydrogens (tertiary/aromatic N) is 3. The zero-order valence-electron chi connectivity index (χ0n) is 19.2. The number of methoxy groups -OCH3 is 1. The standard InChI is InChI=1S/C23H32N4O4S2/c1-17-24-20(16-32-17)15-26-12-8-18(9-13-26)23(28)25-19-6-7-21(31-2)22(14-19)33(29,30)27-10-4-3-5-11-27/h6-7,14,16,18H,3-5,8-13,15H2,1-2H3,(H,25,28). The van der Waals surface area contributed by atoms with E-state index in [4.69, 9.17) is 4.74 Å². The van der Waals surface area contributed by atoms with E-state index in [1.807, 2.05) is 6.92 Å². The third kappa shape index (κ3) is 5.74. The number of ether oxygens (including phenoxy) is 1. The molecule has 8 nitrogen and oxygen atoms in total. The summed E-state index contributed by atoms with van der Waals surface area (Å²) in [5, 5.41) is 6.10. The van der Waals surface area contributed by atoms with Gasteiger partial charge in [-0.2, -0.15) is 4.31 Å². The maximum atomic E-state index is 13.2. The van der Waals surface area contributed by atoms with Crippen molar-refractivity contribution in [3.63, 3.8) is 0 Å². The van der Waals surface area contributed by atoms with E-state index in [-0.39, 0.29) is 16.7 Å². The third-order valence-electron chi connectivity index (χ3n) is 6.37. The summed E-state index contributed by atoms with van der Waals surface area (Å²) >= 11 is 1.66. The number of aryl methyl sites for hydroxylation is 1. The first-order valence-corrected chi connectivity index (χ1v) is 13.8. The van der Waals surface area contributed by atoms with Crippen molar-refractivity contribution in [3.05, 3.63) is 34.3 Å². The summed E-state index contributed by atoms with van der Waals surface area (Å²) in [6.07, 6.45) is 4.30. The number of hydrogen-bond acceptors (Lipinski definition) is 7. The van der Waals surface area contributed by atoms with Crippen molar-refractivity contribution in [2.45, 2.75) is 50.5 Å². The fourth-order valence-electron chi connectivity index (χ4n) is 4.51. The minimum absolute atomic E-state index is 0.0642. The molecule has 0 bridgehead atoms.